The maximum atomic E-state index is 10.9. The number of benzene rings is 1. The molecule has 100 valence electrons. The Morgan fingerprint density at radius 2 is 1.83 bits per heavy atom. The van der Waals surface area contributed by atoms with Gasteiger partial charge in [-0.1, -0.05) is 6.07 Å². The summed E-state index contributed by atoms with van der Waals surface area (Å²) in [6, 6.07) is 0.0122. The highest BCUT2D eigenvalue weighted by molar-refractivity contribution is 5.75. The van der Waals surface area contributed by atoms with Crippen molar-refractivity contribution in [3.8, 4) is 5.75 Å². The van der Waals surface area contributed by atoms with E-state index in [9.17, 15) is 4.79 Å². The van der Waals surface area contributed by atoms with Gasteiger partial charge in [0, 0.05) is 5.56 Å². The zero-order valence-corrected chi connectivity index (χ0v) is 11.2. The summed E-state index contributed by atoms with van der Waals surface area (Å²) < 4.78 is 5.36. The van der Waals surface area contributed by atoms with Crippen LogP contribution in [0.25, 0.3) is 0 Å². The summed E-state index contributed by atoms with van der Waals surface area (Å²) in [5, 5.41) is 8.95. The van der Waals surface area contributed by atoms with Gasteiger partial charge in [0.1, 0.15) is 11.8 Å². The molecule has 0 radical (unpaired) electrons. The second-order valence-electron chi connectivity index (χ2n) is 4.47. The van der Waals surface area contributed by atoms with Crippen LogP contribution in [-0.2, 0) is 4.79 Å². The lowest BCUT2D eigenvalue weighted by Crippen LogP contribution is -2.41. The van der Waals surface area contributed by atoms with Gasteiger partial charge in [0.05, 0.1) is 13.2 Å². The van der Waals surface area contributed by atoms with Crippen LogP contribution in [0.5, 0.6) is 5.75 Å². The van der Waals surface area contributed by atoms with Crippen molar-refractivity contribution >= 4 is 5.97 Å². The van der Waals surface area contributed by atoms with Gasteiger partial charge in [-0.2, -0.15) is 0 Å². The molecule has 0 fully saturated rings. The molecule has 0 saturated carbocycles. The van der Waals surface area contributed by atoms with E-state index in [1.54, 1.807) is 7.11 Å². The molecular weight excluding hydrogens is 232 g/mol. The molecule has 2 atom stereocenters. The summed E-state index contributed by atoms with van der Waals surface area (Å²) in [6.45, 7) is 5.76. The number of hydrogen-bond donors (Lipinski definition) is 3. The van der Waals surface area contributed by atoms with Crippen LogP contribution >= 0.6 is 0 Å². The average Bonchev–Trinajstić information content (AvgIpc) is 2.31. The Bertz CT molecular complexity index is 472. The quantitative estimate of drug-likeness (QED) is 0.743. The van der Waals surface area contributed by atoms with E-state index < -0.39 is 18.1 Å². The van der Waals surface area contributed by atoms with Gasteiger partial charge in [0.15, 0.2) is 0 Å². The molecule has 0 aromatic heterocycles. The summed E-state index contributed by atoms with van der Waals surface area (Å²) in [7, 11) is 1.55. The Morgan fingerprint density at radius 3 is 2.28 bits per heavy atom. The fourth-order valence-electron chi connectivity index (χ4n) is 2.08. The van der Waals surface area contributed by atoms with Gasteiger partial charge < -0.3 is 21.3 Å². The molecule has 1 aromatic carbocycles. The molecule has 1 rings (SSSR count). The van der Waals surface area contributed by atoms with Crippen molar-refractivity contribution in [1.82, 2.24) is 0 Å². The van der Waals surface area contributed by atoms with E-state index in [2.05, 4.69) is 0 Å². The third-order valence-corrected chi connectivity index (χ3v) is 3.24. The topological polar surface area (TPSA) is 98.6 Å². The number of hydrogen-bond acceptors (Lipinski definition) is 4. The third kappa shape index (κ3) is 2.47. The number of methoxy groups -OCH3 is 1. The molecule has 2 unspecified atom stereocenters. The minimum Gasteiger partial charge on any atom is -0.496 e. The Morgan fingerprint density at radius 1 is 1.28 bits per heavy atom. The first-order valence-electron chi connectivity index (χ1n) is 5.69. The van der Waals surface area contributed by atoms with Gasteiger partial charge in [-0.15, -0.1) is 0 Å². The molecule has 0 heterocycles. The van der Waals surface area contributed by atoms with Crippen LogP contribution < -0.4 is 16.2 Å². The number of aryl methyl sites for hydroxylation is 2. The molecule has 0 spiro atoms. The molecule has 5 N–H and O–H groups in total. The molecule has 5 heteroatoms. The van der Waals surface area contributed by atoms with Crippen molar-refractivity contribution in [2.75, 3.05) is 7.11 Å². The predicted octanol–water partition coefficient (Wildman–Crippen LogP) is 1.03. The van der Waals surface area contributed by atoms with Crippen molar-refractivity contribution in [3.05, 3.63) is 28.3 Å². The average molecular weight is 252 g/mol. The van der Waals surface area contributed by atoms with Crippen LogP contribution in [0.1, 0.15) is 28.3 Å². The lowest BCUT2D eigenvalue weighted by Gasteiger charge is -2.23. The van der Waals surface area contributed by atoms with E-state index in [4.69, 9.17) is 21.3 Å². The molecule has 0 aliphatic heterocycles. The third-order valence-electron chi connectivity index (χ3n) is 3.24. The molecule has 0 amide bonds. The number of carboxylic acids is 1. The molecule has 0 aliphatic carbocycles. The summed E-state index contributed by atoms with van der Waals surface area (Å²) >= 11 is 0. The number of nitrogens with two attached hydrogens (primary N) is 2. The van der Waals surface area contributed by atoms with Crippen LogP contribution in [0.15, 0.2) is 6.07 Å². The fraction of sp³-hybridized carbons (Fsp3) is 0.462. The number of carboxylic acid groups (broad SMARTS) is 1. The second-order valence-corrected chi connectivity index (χ2v) is 4.47. The number of ether oxygens (including phenoxy) is 1. The van der Waals surface area contributed by atoms with Crippen molar-refractivity contribution in [3.63, 3.8) is 0 Å². The van der Waals surface area contributed by atoms with Crippen LogP contribution in [0.3, 0.4) is 0 Å². The highest BCUT2D eigenvalue weighted by Gasteiger charge is 2.27. The molecule has 5 nitrogen and oxygen atoms in total. The van der Waals surface area contributed by atoms with Crippen molar-refractivity contribution in [2.45, 2.75) is 32.9 Å². The van der Waals surface area contributed by atoms with Gasteiger partial charge in [-0.25, -0.2) is 0 Å². The molecule has 0 saturated heterocycles. The van der Waals surface area contributed by atoms with E-state index in [0.29, 0.717) is 11.3 Å². The molecular formula is C13H20N2O3. The smallest absolute Gasteiger partial charge is 0.322 e. The zero-order valence-electron chi connectivity index (χ0n) is 11.2. The summed E-state index contributed by atoms with van der Waals surface area (Å²) in [5.41, 5.74) is 15.1. The van der Waals surface area contributed by atoms with E-state index in [0.717, 1.165) is 16.7 Å². The fourth-order valence-corrected chi connectivity index (χ4v) is 2.08. The standard InChI is InChI=1S/C13H20N2O3/c1-6-5-7(2)9(12(18-4)8(6)3)10(14)11(15)13(16)17/h5,10-11H,14-15H2,1-4H3,(H,16,17). The zero-order chi connectivity index (χ0) is 14.0. The summed E-state index contributed by atoms with van der Waals surface area (Å²) in [4.78, 5) is 10.9. The van der Waals surface area contributed by atoms with E-state index in [1.165, 1.54) is 0 Å². The number of carbonyl (C=O) groups is 1. The van der Waals surface area contributed by atoms with Gasteiger partial charge in [0.2, 0.25) is 0 Å². The normalized spacial score (nSPS) is 14.1. The van der Waals surface area contributed by atoms with E-state index >= 15 is 0 Å². The summed E-state index contributed by atoms with van der Waals surface area (Å²) in [6.07, 6.45) is 0. The first kappa shape index (κ1) is 14.5. The maximum absolute atomic E-state index is 10.9. The SMILES string of the molecule is COc1c(C)c(C)cc(C)c1C(N)C(N)C(=O)O. The Balaban J connectivity index is 3.40. The molecule has 0 bridgehead atoms. The largest absolute Gasteiger partial charge is 0.496 e. The van der Waals surface area contributed by atoms with Crippen LogP contribution in [0.4, 0.5) is 0 Å². The first-order valence-corrected chi connectivity index (χ1v) is 5.69. The lowest BCUT2D eigenvalue weighted by molar-refractivity contribution is -0.139. The monoisotopic (exact) mass is 252 g/mol. The Kier molecular flexibility index (Phi) is 4.32. The van der Waals surface area contributed by atoms with Gasteiger partial charge in [-0.05, 0) is 37.5 Å². The van der Waals surface area contributed by atoms with Gasteiger partial charge in [-0.3, -0.25) is 4.79 Å². The van der Waals surface area contributed by atoms with Crippen molar-refractivity contribution < 1.29 is 14.6 Å². The highest BCUT2D eigenvalue weighted by atomic mass is 16.5. The molecule has 1 aromatic rings. The predicted molar refractivity (Wildman–Crippen MR) is 69.7 cm³/mol. The van der Waals surface area contributed by atoms with Crippen LogP contribution in [0, 0.1) is 20.8 Å². The van der Waals surface area contributed by atoms with Crippen molar-refractivity contribution in [1.29, 1.82) is 0 Å². The summed E-state index contributed by atoms with van der Waals surface area (Å²) in [5.74, 6) is -0.501. The minimum atomic E-state index is -1.15. The first-order chi connectivity index (χ1) is 8.31. The molecule has 0 aliphatic rings. The number of rotatable bonds is 4. The van der Waals surface area contributed by atoms with Crippen molar-refractivity contribution in [2.24, 2.45) is 11.5 Å². The maximum Gasteiger partial charge on any atom is 0.322 e. The molecule has 18 heavy (non-hydrogen) atoms. The van der Waals surface area contributed by atoms with Gasteiger partial charge in [0.25, 0.3) is 0 Å². The second kappa shape index (κ2) is 5.37. The lowest BCUT2D eigenvalue weighted by atomic mass is 9.91. The van der Waals surface area contributed by atoms with Gasteiger partial charge >= 0.3 is 5.97 Å². The van der Waals surface area contributed by atoms with E-state index in [1.807, 2.05) is 26.8 Å². The van der Waals surface area contributed by atoms with E-state index in [-0.39, 0.29) is 0 Å². The Labute approximate surface area is 107 Å². The Hall–Kier alpha value is -1.59. The highest BCUT2D eigenvalue weighted by Crippen LogP contribution is 2.34. The number of aliphatic carboxylic acids is 1. The minimum absolute atomic E-state index is 0.622. The van der Waals surface area contributed by atoms with Crippen LogP contribution in [-0.4, -0.2) is 24.2 Å². The van der Waals surface area contributed by atoms with Crippen LogP contribution in [0.2, 0.25) is 0 Å².